The van der Waals surface area contributed by atoms with Gasteiger partial charge in [-0.15, -0.1) is 0 Å². The quantitative estimate of drug-likeness (QED) is 0.728. The lowest BCUT2D eigenvalue weighted by Gasteiger charge is -2.31. The van der Waals surface area contributed by atoms with Crippen LogP contribution in [0.1, 0.15) is 18.7 Å². The van der Waals surface area contributed by atoms with Gasteiger partial charge in [-0.1, -0.05) is 12.1 Å². The van der Waals surface area contributed by atoms with Crippen molar-refractivity contribution in [3.8, 4) is 11.3 Å². The Labute approximate surface area is 141 Å². The molecule has 24 heavy (non-hydrogen) atoms. The molecule has 5 nitrogen and oxygen atoms in total. The van der Waals surface area contributed by atoms with Crippen LogP contribution in [-0.2, 0) is 16.0 Å². The van der Waals surface area contributed by atoms with Gasteiger partial charge in [-0.3, -0.25) is 4.90 Å². The highest BCUT2D eigenvalue weighted by molar-refractivity contribution is 5.56. The van der Waals surface area contributed by atoms with Gasteiger partial charge in [-0.05, 0) is 31.5 Å². The molecule has 0 bridgehead atoms. The average Bonchev–Trinajstić information content (AvgIpc) is 3.04. The first kappa shape index (κ1) is 17.1. The number of piperidine rings is 1. The molecule has 0 aliphatic carbocycles. The standard InChI is InChI=1S/C18H23FN2O3/c1-22-9-10-23-14-5-4-8-21(12-14)13-18-20-11-17(24-18)15-6-2-3-7-16(15)19/h2-3,6-7,11,14H,4-5,8-10,12-13H2,1H3. The zero-order valence-electron chi connectivity index (χ0n) is 13.9. The molecule has 0 spiro atoms. The second-order valence-corrected chi connectivity index (χ2v) is 5.96. The second kappa shape index (κ2) is 8.37. The van der Waals surface area contributed by atoms with Crippen molar-refractivity contribution >= 4 is 0 Å². The summed E-state index contributed by atoms with van der Waals surface area (Å²) in [6, 6.07) is 6.56. The highest BCUT2D eigenvalue weighted by Crippen LogP contribution is 2.24. The van der Waals surface area contributed by atoms with Gasteiger partial charge in [0.1, 0.15) is 5.82 Å². The molecule has 0 amide bonds. The summed E-state index contributed by atoms with van der Waals surface area (Å²) < 4.78 is 30.4. The first-order chi connectivity index (χ1) is 11.8. The lowest BCUT2D eigenvalue weighted by molar-refractivity contribution is -0.0237. The third kappa shape index (κ3) is 4.41. The van der Waals surface area contributed by atoms with Crippen LogP contribution in [0.2, 0.25) is 0 Å². The van der Waals surface area contributed by atoms with E-state index in [4.69, 9.17) is 13.9 Å². The first-order valence-corrected chi connectivity index (χ1v) is 8.29. The zero-order chi connectivity index (χ0) is 16.8. The molecule has 1 saturated heterocycles. The number of hydrogen-bond donors (Lipinski definition) is 0. The van der Waals surface area contributed by atoms with Crippen molar-refractivity contribution in [2.24, 2.45) is 0 Å². The van der Waals surface area contributed by atoms with Crippen molar-refractivity contribution in [3.63, 3.8) is 0 Å². The largest absolute Gasteiger partial charge is 0.439 e. The number of rotatable bonds is 7. The van der Waals surface area contributed by atoms with Crippen LogP contribution >= 0.6 is 0 Å². The van der Waals surface area contributed by atoms with Crippen LogP contribution in [0.5, 0.6) is 0 Å². The van der Waals surface area contributed by atoms with Gasteiger partial charge in [0, 0.05) is 13.7 Å². The van der Waals surface area contributed by atoms with Crippen LogP contribution in [0, 0.1) is 5.82 Å². The molecule has 1 aliphatic heterocycles. The highest BCUT2D eigenvalue weighted by Gasteiger charge is 2.22. The number of benzene rings is 1. The van der Waals surface area contributed by atoms with E-state index in [1.807, 2.05) is 0 Å². The van der Waals surface area contributed by atoms with Gasteiger partial charge in [0.2, 0.25) is 5.89 Å². The molecule has 130 valence electrons. The monoisotopic (exact) mass is 334 g/mol. The Morgan fingerprint density at radius 2 is 2.21 bits per heavy atom. The van der Waals surface area contributed by atoms with E-state index in [1.54, 1.807) is 31.5 Å². The first-order valence-electron chi connectivity index (χ1n) is 8.29. The molecule has 3 rings (SSSR count). The van der Waals surface area contributed by atoms with Crippen molar-refractivity contribution in [1.82, 2.24) is 9.88 Å². The van der Waals surface area contributed by atoms with E-state index in [9.17, 15) is 4.39 Å². The minimum Gasteiger partial charge on any atom is -0.439 e. The number of methoxy groups -OCH3 is 1. The fourth-order valence-electron chi connectivity index (χ4n) is 2.95. The van der Waals surface area contributed by atoms with Gasteiger partial charge in [-0.2, -0.15) is 0 Å². The fraction of sp³-hybridized carbons (Fsp3) is 0.500. The molecule has 6 heteroatoms. The Kier molecular flexibility index (Phi) is 5.96. The Morgan fingerprint density at radius 3 is 3.04 bits per heavy atom. The number of hydrogen-bond acceptors (Lipinski definition) is 5. The van der Waals surface area contributed by atoms with E-state index in [2.05, 4.69) is 9.88 Å². The number of halogens is 1. The molecule has 2 heterocycles. The van der Waals surface area contributed by atoms with E-state index in [1.165, 1.54) is 6.07 Å². The molecule has 1 aliphatic rings. The van der Waals surface area contributed by atoms with Crippen LogP contribution in [0.15, 0.2) is 34.9 Å². The highest BCUT2D eigenvalue weighted by atomic mass is 19.1. The van der Waals surface area contributed by atoms with E-state index in [0.717, 1.165) is 25.9 Å². The Morgan fingerprint density at radius 1 is 1.33 bits per heavy atom. The summed E-state index contributed by atoms with van der Waals surface area (Å²) in [4.78, 5) is 6.55. The van der Waals surface area contributed by atoms with E-state index >= 15 is 0 Å². The maximum Gasteiger partial charge on any atom is 0.209 e. The molecule has 1 aromatic heterocycles. The van der Waals surface area contributed by atoms with Crippen LogP contribution in [0.25, 0.3) is 11.3 Å². The maximum atomic E-state index is 13.8. The Balaban J connectivity index is 1.57. The normalized spacial score (nSPS) is 18.8. The van der Waals surface area contributed by atoms with Crippen molar-refractivity contribution in [2.75, 3.05) is 33.4 Å². The summed E-state index contributed by atoms with van der Waals surface area (Å²) >= 11 is 0. The molecule has 1 unspecified atom stereocenters. The third-order valence-electron chi connectivity index (χ3n) is 4.16. The van der Waals surface area contributed by atoms with E-state index in [-0.39, 0.29) is 11.9 Å². The van der Waals surface area contributed by atoms with Crippen molar-refractivity contribution in [3.05, 3.63) is 42.2 Å². The predicted molar refractivity (Wildman–Crippen MR) is 88.0 cm³/mol. The summed E-state index contributed by atoms with van der Waals surface area (Å²) in [5, 5.41) is 0. The number of nitrogens with zero attached hydrogens (tertiary/aromatic N) is 2. The molecular weight excluding hydrogens is 311 g/mol. The molecule has 2 aromatic rings. The predicted octanol–water partition coefficient (Wildman–Crippen LogP) is 3.11. The van der Waals surface area contributed by atoms with Gasteiger partial charge >= 0.3 is 0 Å². The smallest absolute Gasteiger partial charge is 0.209 e. The fourth-order valence-corrected chi connectivity index (χ4v) is 2.95. The van der Waals surface area contributed by atoms with Gasteiger partial charge in [0.15, 0.2) is 5.76 Å². The van der Waals surface area contributed by atoms with Crippen LogP contribution in [0.3, 0.4) is 0 Å². The lowest BCUT2D eigenvalue weighted by Crippen LogP contribution is -2.39. The maximum absolute atomic E-state index is 13.8. The minimum absolute atomic E-state index is 0.218. The van der Waals surface area contributed by atoms with E-state index in [0.29, 0.717) is 37.0 Å². The van der Waals surface area contributed by atoms with Crippen molar-refractivity contribution < 1.29 is 18.3 Å². The molecular formula is C18H23FN2O3. The number of oxazole rings is 1. The molecule has 1 fully saturated rings. The number of aromatic nitrogens is 1. The minimum atomic E-state index is -0.301. The molecule has 0 N–H and O–H groups in total. The van der Waals surface area contributed by atoms with Crippen molar-refractivity contribution in [1.29, 1.82) is 0 Å². The summed E-state index contributed by atoms with van der Waals surface area (Å²) in [6.07, 6.45) is 3.95. The Bertz CT molecular complexity index is 647. The van der Waals surface area contributed by atoms with Gasteiger partial charge in [0.05, 0.1) is 37.6 Å². The topological polar surface area (TPSA) is 47.7 Å². The van der Waals surface area contributed by atoms with E-state index < -0.39 is 0 Å². The number of ether oxygens (including phenoxy) is 2. The van der Waals surface area contributed by atoms with Gasteiger partial charge in [0.25, 0.3) is 0 Å². The Hall–Kier alpha value is -1.76. The average molecular weight is 334 g/mol. The molecule has 1 aromatic carbocycles. The summed E-state index contributed by atoms with van der Waals surface area (Å²) in [6.45, 7) is 3.68. The van der Waals surface area contributed by atoms with Crippen molar-refractivity contribution in [2.45, 2.75) is 25.5 Å². The van der Waals surface area contributed by atoms with Gasteiger partial charge in [-0.25, -0.2) is 9.37 Å². The number of likely N-dealkylation sites (tertiary alicyclic amines) is 1. The SMILES string of the molecule is COCCOC1CCCN(Cc2ncc(-c3ccccc3F)o2)C1. The van der Waals surface area contributed by atoms with Crippen LogP contribution < -0.4 is 0 Å². The van der Waals surface area contributed by atoms with Crippen LogP contribution in [0.4, 0.5) is 4.39 Å². The third-order valence-corrected chi connectivity index (χ3v) is 4.16. The molecule has 0 radical (unpaired) electrons. The second-order valence-electron chi connectivity index (χ2n) is 5.96. The van der Waals surface area contributed by atoms with Crippen LogP contribution in [-0.4, -0.2) is 49.4 Å². The summed E-state index contributed by atoms with van der Waals surface area (Å²) in [5.41, 5.74) is 0.440. The lowest BCUT2D eigenvalue weighted by atomic mass is 10.1. The summed E-state index contributed by atoms with van der Waals surface area (Å²) in [7, 11) is 1.67. The molecule has 0 saturated carbocycles. The van der Waals surface area contributed by atoms with Gasteiger partial charge < -0.3 is 13.9 Å². The molecule has 1 atom stereocenters. The summed E-state index contributed by atoms with van der Waals surface area (Å²) in [5.74, 6) is 0.767. The zero-order valence-corrected chi connectivity index (χ0v) is 13.9.